The van der Waals surface area contributed by atoms with Crippen molar-refractivity contribution < 1.29 is 23.1 Å². The van der Waals surface area contributed by atoms with Gasteiger partial charge in [-0.1, -0.05) is 11.6 Å². The Morgan fingerprint density at radius 1 is 1.09 bits per heavy atom. The van der Waals surface area contributed by atoms with Crippen LogP contribution in [0.4, 0.5) is 14.5 Å². The van der Waals surface area contributed by atoms with Crippen molar-refractivity contribution in [1.82, 2.24) is 0 Å². The molecule has 2 aromatic carbocycles. The largest absolute Gasteiger partial charge is 0.433 e. The van der Waals surface area contributed by atoms with Crippen LogP contribution in [-0.4, -0.2) is 18.4 Å². The summed E-state index contributed by atoms with van der Waals surface area (Å²) in [6, 6.07) is 9.60. The van der Waals surface area contributed by atoms with Crippen LogP contribution >= 0.6 is 11.6 Å². The molecular weight excluding hydrogens is 330 g/mol. The first-order valence-electron chi connectivity index (χ1n) is 6.32. The molecule has 2 aromatic rings. The second-order valence-electron chi connectivity index (χ2n) is 4.42. The van der Waals surface area contributed by atoms with E-state index in [1.807, 2.05) is 0 Å². The monoisotopic (exact) mass is 340 g/mol. The van der Waals surface area contributed by atoms with E-state index >= 15 is 0 Å². The van der Waals surface area contributed by atoms with Crippen LogP contribution in [0.1, 0.15) is 20.7 Å². The molecule has 0 radical (unpaired) electrons. The number of rotatable bonds is 5. The third-order valence-corrected chi connectivity index (χ3v) is 3.13. The number of nitrogens with one attached hydrogen (secondary N) is 1. The van der Waals surface area contributed by atoms with E-state index in [1.54, 1.807) is 0 Å². The average molecular weight is 341 g/mol. The molecule has 0 unspecified atom stereocenters. The molecule has 3 N–H and O–H groups in total. The van der Waals surface area contributed by atoms with E-state index in [4.69, 9.17) is 17.3 Å². The highest BCUT2D eigenvalue weighted by Gasteiger charge is 2.11. The Balaban J connectivity index is 2.10. The second kappa shape index (κ2) is 7.06. The minimum atomic E-state index is -2.99. The maximum Gasteiger partial charge on any atom is 0.387 e. The van der Waals surface area contributed by atoms with E-state index in [0.29, 0.717) is 11.3 Å². The number of carbonyl (C=O) groups excluding carboxylic acids is 2. The fourth-order valence-corrected chi connectivity index (χ4v) is 1.98. The van der Waals surface area contributed by atoms with Crippen molar-refractivity contribution in [2.24, 2.45) is 5.73 Å². The Hall–Kier alpha value is -2.67. The van der Waals surface area contributed by atoms with Crippen molar-refractivity contribution >= 4 is 29.1 Å². The van der Waals surface area contributed by atoms with Gasteiger partial charge in [0.1, 0.15) is 5.75 Å². The maximum atomic E-state index is 12.1. The number of hydrogen-bond donors (Lipinski definition) is 2. The van der Waals surface area contributed by atoms with Crippen molar-refractivity contribution in [1.29, 1.82) is 0 Å². The topological polar surface area (TPSA) is 81.4 Å². The Kier molecular flexibility index (Phi) is 5.13. The summed E-state index contributed by atoms with van der Waals surface area (Å²) in [7, 11) is 0. The summed E-state index contributed by atoms with van der Waals surface area (Å²) in [5.74, 6) is -1.25. The van der Waals surface area contributed by atoms with E-state index in [0.717, 1.165) is 0 Å². The van der Waals surface area contributed by atoms with Gasteiger partial charge in [0.15, 0.2) is 0 Å². The summed E-state index contributed by atoms with van der Waals surface area (Å²) in [6.07, 6.45) is 0. The number of alkyl halides is 2. The maximum absolute atomic E-state index is 12.1. The highest BCUT2D eigenvalue weighted by atomic mass is 35.5. The summed E-state index contributed by atoms with van der Waals surface area (Å²) in [6.45, 7) is -2.99. The fourth-order valence-electron chi connectivity index (χ4n) is 1.76. The lowest BCUT2D eigenvalue weighted by molar-refractivity contribution is -0.0497. The molecule has 5 nitrogen and oxygen atoms in total. The summed E-state index contributed by atoms with van der Waals surface area (Å²) < 4.78 is 28.5. The summed E-state index contributed by atoms with van der Waals surface area (Å²) >= 11 is 5.80. The van der Waals surface area contributed by atoms with E-state index < -0.39 is 18.4 Å². The fraction of sp³-hybridized carbons (Fsp3) is 0.0667. The third-order valence-electron chi connectivity index (χ3n) is 2.84. The molecule has 0 bridgehead atoms. The predicted molar refractivity (Wildman–Crippen MR) is 81.0 cm³/mol. The van der Waals surface area contributed by atoms with Gasteiger partial charge in [-0.3, -0.25) is 9.59 Å². The molecular formula is C15H11ClF2N2O3. The standard InChI is InChI=1S/C15H11ClF2N2O3/c16-11-7-10(5-6-12(11)23-15(17)18)20-14(22)9-3-1-8(2-4-9)13(19)21/h1-7,15H,(H2,19,21)(H,20,22). The van der Waals surface area contributed by atoms with Crippen molar-refractivity contribution in [2.75, 3.05) is 5.32 Å². The van der Waals surface area contributed by atoms with Gasteiger partial charge in [0.25, 0.3) is 5.91 Å². The van der Waals surface area contributed by atoms with E-state index in [-0.39, 0.29) is 16.3 Å². The average Bonchev–Trinajstić information content (AvgIpc) is 2.49. The minimum absolute atomic E-state index is 0.0628. The molecule has 0 saturated carbocycles. The molecule has 0 aliphatic rings. The number of primary amides is 1. The summed E-state index contributed by atoms with van der Waals surface area (Å²) in [5, 5.41) is 2.48. The number of halogens is 3. The highest BCUT2D eigenvalue weighted by Crippen LogP contribution is 2.29. The number of amides is 2. The molecule has 2 amide bonds. The first-order valence-corrected chi connectivity index (χ1v) is 6.70. The van der Waals surface area contributed by atoms with Crippen LogP contribution in [0.15, 0.2) is 42.5 Å². The molecule has 0 heterocycles. The van der Waals surface area contributed by atoms with Gasteiger partial charge in [0.05, 0.1) is 5.02 Å². The Labute approximate surface area is 135 Å². The van der Waals surface area contributed by atoms with Crippen LogP contribution in [0, 0.1) is 0 Å². The lowest BCUT2D eigenvalue weighted by Crippen LogP contribution is -2.14. The zero-order valence-electron chi connectivity index (χ0n) is 11.6. The van der Waals surface area contributed by atoms with E-state index in [2.05, 4.69) is 10.1 Å². The Morgan fingerprint density at radius 3 is 2.22 bits per heavy atom. The third kappa shape index (κ3) is 4.40. The number of nitrogens with two attached hydrogens (primary N) is 1. The zero-order chi connectivity index (χ0) is 17.0. The molecule has 2 rings (SSSR count). The van der Waals surface area contributed by atoms with E-state index in [9.17, 15) is 18.4 Å². The van der Waals surface area contributed by atoms with Gasteiger partial charge < -0.3 is 15.8 Å². The van der Waals surface area contributed by atoms with Gasteiger partial charge in [-0.2, -0.15) is 8.78 Å². The predicted octanol–water partition coefficient (Wildman–Crippen LogP) is 3.29. The molecule has 8 heteroatoms. The number of benzene rings is 2. The Morgan fingerprint density at radius 2 is 1.70 bits per heavy atom. The van der Waals surface area contributed by atoms with Gasteiger partial charge in [0.2, 0.25) is 5.91 Å². The van der Waals surface area contributed by atoms with Crippen molar-refractivity contribution in [3.05, 3.63) is 58.6 Å². The van der Waals surface area contributed by atoms with Gasteiger partial charge >= 0.3 is 6.61 Å². The van der Waals surface area contributed by atoms with Crippen LogP contribution in [0.3, 0.4) is 0 Å². The first kappa shape index (κ1) is 16.7. The first-order chi connectivity index (χ1) is 10.9. The van der Waals surface area contributed by atoms with Gasteiger partial charge in [0, 0.05) is 16.8 Å². The van der Waals surface area contributed by atoms with Crippen molar-refractivity contribution in [3.8, 4) is 5.75 Å². The molecule has 0 spiro atoms. The van der Waals surface area contributed by atoms with Gasteiger partial charge in [-0.25, -0.2) is 0 Å². The summed E-state index contributed by atoms with van der Waals surface area (Å²) in [5.41, 5.74) is 5.98. The Bertz CT molecular complexity index is 736. The molecule has 0 atom stereocenters. The molecule has 0 aliphatic carbocycles. The van der Waals surface area contributed by atoms with Crippen molar-refractivity contribution in [2.45, 2.75) is 6.61 Å². The van der Waals surface area contributed by atoms with Crippen LogP contribution in [0.5, 0.6) is 5.75 Å². The van der Waals surface area contributed by atoms with E-state index in [1.165, 1.54) is 42.5 Å². The summed E-state index contributed by atoms with van der Waals surface area (Å²) in [4.78, 5) is 23.0. The lowest BCUT2D eigenvalue weighted by atomic mass is 10.1. The number of hydrogen-bond acceptors (Lipinski definition) is 3. The van der Waals surface area contributed by atoms with Crippen LogP contribution in [-0.2, 0) is 0 Å². The van der Waals surface area contributed by atoms with Crippen LogP contribution in [0.25, 0.3) is 0 Å². The number of ether oxygens (including phenoxy) is 1. The molecule has 0 fully saturated rings. The molecule has 23 heavy (non-hydrogen) atoms. The normalized spacial score (nSPS) is 10.4. The number of anilines is 1. The lowest BCUT2D eigenvalue weighted by Gasteiger charge is -2.09. The SMILES string of the molecule is NC(=O)c1ccc(C(=O)Nc2ccc(OC(F)F)c(Cl)c2)cc1. The second-order valence-corrected chi connectivity index (χ2v) is 4.83. The van der Waals surface area contributed by atoms with Crippen LogP contribution < -0.4 is 15.8 Å². The quantitative estimate of drug-likeness (QED) is 0.876. The van der Waals surface area contributed by atoms with Crippen LogP contribution in [0.2, 0.25) is 5.02 Å². The molecule has 120 valence electrons. The molecule has 0 saturated heterocycles. The minimum Gasteiger partial charge on any atom is -0.433 e. The smallest absolute Gasteiger partial charge is 0.387 e. The van der Waals surface area contributed by atoms with Gasteiger partial charge in [-0.15, -0.1) is 0 Å². The molecule has 0 aliphatic heterocycles. The van der Waals surface area contributed by atoms with Gasteiger partial charge in [-0.05, 0) is 42.5 Å². The highest BCUT2D eigenvalue weighted by molar-refractivity contribution is 6.32. The zero-order valence-corrected chi connectivity index (χ0v) is 12.3. The van der Waals surface area contributed by atoms with Crippen molar-refractivity contribution in [3.63, 3.8) is 0 Å². The number of carbonyl (C=O) groups is 2. The molecule has 0 aromatic heterocycles.